The first-order chi connectivity index (χ1) is 2.56. The zero-order valence-corrected chi connectivity index (χ0v) is 7.85. The van der Waals surface area contributed by atoms with Crippen LogP contribution in [0, 0.1) is 0 Å². The van der Waals surface area contributed by atoms with E-state index in [1.54, 1.807) is 13.8 Å². The van der Waals surface area contributed by atoms with Crippen molar-refractivity contribution in [2.45, 2.75) is 32.8 Å². The predicted molar refractivity (Wildman–Crippen MR) is 31.9 cm³/mol. The van der Waals surface area contributed by atoms with Gasteiger partial charge in [0.25, 0.3) is 0 Å². The SMILES string of the molecule is CCC(C)(C)[O-].O.[OH-].[OH-].[V]. The first-order valence-electron chi connectivity index (χ1n) is 2.26. The number of hydrogen-bond acceptors (Lipinski definition) is 3. The molecule has 0 atom stereocenters. The average Bonchev–Trinajstić information content (AvgIpc) is 1.35. The van der Waals surface area contributed by atoms with E-state index < -0.39 is 5.60 Å². The summed E-state index contributed by atoms with van der Waals surface area (Å²) in [6.07, 6.45) is 0.715. The minimum absolute atomic E-state index is 0. The summed E-state index contributed by atoms with van der Waals surface area (Å²) in [6, 6.07) is 0. The van der Waals surface area contributed by atoms with Crippen molar-refractivity contribution in [3.63, 3.8) is 0 Å². The van der Waals surface area contributed by atoms with Gasteiger partial charge >= 0.3 is 0 Å². The second kappa shape index (κ2) is 12.1. The van der Waals surface area contributed by atoms with Gasteiger partial charge in [0.05, 0.1) is 0 Å². The fourth-order valence-corrected chi connectivity index (χ4v) is 0. The molecule has 0 aromatic heterocycles. The second-order valence-corrected chi connectivity index (χ2v) is 2.11. The van der Waals surface area contributed by atoms with E-state index in [-0.39, 0.29) is 35.0 Å². The van der Waals surface area contributed by atoms with Crippen LogP contribution in [0.5, 0.6) is 0 Å². The molecule has 1 radical (unpaired) electrons. The smallest absolute Gasteiger partial charge is 0 e. The fraction of sp³-hybridized carbons (Fsp3) is 1.00. The summed E-state index contributed by atoms with van der Waals surface area (Å²) in [4.78, 5) is 0. The van der Waals surface area contributed by atoms with Gasteiger partial charge in [0, 0.05) is 18.6 Å². The van der Waals surface area contributed by atoms with Crippen LogP contribution in [0.3, 0.4) is 0 Å². The van der Waals surface area contributed by atoms with Gasteiger partial charge in [0.15, 0.2) is 0 Å². The molecule has 0 rings (SSSR count). The van der Waals surface area contributed by atoms with Crippen molar-refractivity contribution >= 4 is 0 Å². The summed E-state index contributed by atoms with van der Waals surface area (Å²) >= 11 is 0. The van der Waals surface area contributed by atoms with Crippen LogP contribution in [-0.2, 0) is 18.6 Å². The third kappa shape index (κ3) is 39.6. The molecule has 10 heavy (non-hydrogen) atoms. The van der Waals surface area contributed by atoms with Crippen molar-refractivity contribution in [1.29, 1.82) is 0 Å². The Labute approximate surface area is 73.4 Å². The zero-order chi connectivity index (χ0) is 5.21. The van der Waals surface area contributed by atoms with Crippen molar-refractivity contribution in [3.05, 3.63) is 0 Å². The molecule has 0 aromatic carbocycles. The molecule has 0 saturated carbocycles. The normalized spacial score (nSPS) is 7.20. The molecule has 0 heterocycles. The van der Waals surface area contributed by atoms with Gasteiger partial charge in [0.1, 0.15) is 0 Å². The molecular formula is C5H15O4V-3. The Hall–Kier alpha value is 0.424. The van der Waals surface area contributed by atoms with Crippen LogP contribution in [-0.4, -0.2) is 22.0 Å². The van der Waals surface area contributed by atoms with E-state index in [9.17, 15) is 5.11 Å². The van der Waals surface area contributed by atoms with Crippen molar-refractivity contribution in [1.82, 2.24) is 0 Å². The van der Waals surface area contributed by atoms with Crippen LogP contribution in [0.25, 0.3) is 0 Å². The Morgan fingerprint density at radius 2 is 1.30 bits per heavy atom. The minimum atomic E-state index is -0.708. The third-order valence-electron chi connectivity index (χ3n) is 0.851. The Kier molecular flexibility index (Phi) is 38.2. The van der Waals surface area contributed by atoms with Gasteiger partial charge in [-0.25, -0.2) is 0 Å². The van der Waals surface area contributed by atoms with Crippen molar-refractivity contribution in [3.8, 4) is 0 Å². The topological polar surface area (TPSA) is 115 Å². The minimum Gasteiger partial charge on any atom is -0.870 e. The van der Waals surface area contributed by atoms with Gasteiger partial charge in [-0.15, -0.1) is 5.60 Å². The van der Waals surface area contributed by atoms with E-state index in [0.717, 1.165) is 0 Å². The molecule has 0 spiro atoms. The molecule has 4 nitrogen and oxygen atoms in total. The van der Waals surface area contributed by atoms with Crippen LogP contribution in [0.2, 0.25) is 0 Å². The quantitative estimate of drug-likeness (QED) is 0.547. The molecule has 0 aromatic rings. The summed E-state index contributed by atoms with van der Waals surface area (Å²) in [6.45, 7) is 5.27. The molecule has 0 bridgehead atoms. The van der Waals surface area contributed by atoms with E-state index in [2.05, 4.69) is 0 Å². The molecule has 0 fully saturated rings. The van der Waals surface area contributed by atoms with E-state index in [4.69, 9.17) is 0 Å². The third-order valence-corrected chi connectivity index (χ3v) is 0.851. The predicted octanol–water partition coefficient (Wildman–Crippen LogP) is -0.645. The standard InChI is InChI=1S/C5H11O.3H2O.V/c1-4-5(2,3)6;;;;/h4H2,1-3H3;3*1H2;/q-1;;;;/p-2. The number of hydrogen-bond donors (Lipinski definition) is 0. The first-order valence-corrected chi connectivity index (χ1v) is 2.26. The molecule has 0 amide bonds. The Morgan fingerprint density at radius 3 is 1.30 bits per heavy atom. The van der Waals surface area contributed by atoms with Gasteiger partial charge in [-0.05, 0) is 0 Å². The maximum atomic E-state index is 10.5. The van der Waals surface area contributed by atoms with Gasteiger partial charge in [-0.2, -0.15) is 0 Å². The maximum Gasteiger partial charge on any atom is 0 e. The van der Waals surface area contributed by atoms with Crippen LogP contribution >= 0.6 is 0 Å². The maximum absolute atomic E-state index is 10.5. The molecular weight excluding hydrogens is 175 g/mol. The Morgan fingerprint density at radius 1 is 1.20 bits per heavy atom. The monoisotopic (exact) mass is 190 g/mol. The van der Waals surface area contributed by atoms with E-state index in [0.29, 0.717) is 6.42 Å². The summed E-state index contributed by atoms with van der Waals surface area (Å²) < 4.78 is 0. The van der Waals surface area contributed by atoms with Gasteiger partial charge < -0.3 is 21.5 Å². The van der Waals surface area contributed by atoms with Crippen LogP contribution < -0.4 is 5.11 Å². The van der Waals surface area contributed by atoms with E-state index in [1.807, 2.05) is 6.92 Å². The molecule has 0 unspecified atom stereocenters. The molecule has 67 valence electrons. The van der Waals surface area contributed by atoms with Crippen LogP contribution in [0.4, 0.5) is 0 Å². The summed E-state index contributed by atoms with van der Waals surface area (Å²) in [5.74, 6) is 0. The molecule has 0 aliphatic rings. The largest absolute Gasteiger partial charge is 0.870 e. The summed E-state index contributed by atoms with van der Waals surface area (Å²) in [7, 11) is 0. The van der Waals surface area contributed by atoms with Crippen molar-refractivity contribution in [2.75, 3.05) is 0 Å². The van der Waals surface area contributed by atoms with Gasteiger partial charge in [0.2, 0.25) is 0 Å². The molecule has 5 heteroatoms. The van der Waals surface area contributed by atoms with Gasteiger partial charge in [-0.3, -0.25) is 0 Å². The van der Waals surface area contributed by atoms with Crippen LogP contribution in [0.1, 0.15) is 27.2 Å². The average molecular weight is 190 g/mol. The first kappa shape index (κ1) is 31.5. The van der Waals surface area contributed by atoms with E-state index >= 15 is 0 Å². The fourth-order valence-electron chi connectivity index (χ4n) is 0. The molecule has 4 N–H and O–H groups in total. The number of rotatable bonds is 1. The molecule has 0 aliphatic carbocycles. The molecule has 0 saturated heterocycles. The second-order valence-electron chi connectivity index (χ2n) is 2.11. The Balaban J connectivity index is -0.0000000208. The van der Waals surface area contributed by atoms with Gasteiger partial charge in [-0.1, -0.05) is 27.2 Å². The van der Waals surface area contributed by atoms with Crippen LogP contribution in [0.15, 0.2) is 0 Å². The van der Waals surface area contributed by atoms with Crippen molar-refractivity contribution < 1.29 is 40.1 Å². The summed E-state index contributed by atoms with van der Waals surface area (Å²) in [5.41, 5.74) is -0.708. The van der Waals surface area contributed by atoms with Crippen molar-refractivity contribution in [2.24, 2.45) is 0 Å². The zero-order valence-electron chi connectivity index (χ0n) is 6.46. The van der Waals surface area contributed by atoms with E-state index in [1.165, 1.54) is 0 Å². The molecule has 0 aliphatic heterocycles. The Bertz CT molecular complexity index is 43.4. The summed E-state index contributed by atoms with van der Waals surface area (Å²) in [5, 5.41) is 10.5.